The summed E-state index contributed by atoms with van der Waals surface area (Å²) in [5, 5.41) is 2.85. The third kappa shape index (κ3) is 3.49. The van der Waals surface area contributed by atoms with Crippen LogP contribution >= 0.6 is 0 Å². The van der Waals surface area contributed by atoms with Crippen LogP contribution < -0.4 is 10.1 Å². The second kappa shape index (κ2) is 4.92. The molecule has 4 nitrogen and oxygen atoms in total. The molecule has 1 amide bonds. The van der Waals surface area contributed by atoms with E-state index in [2.05, 4.69) is 10.3 Å². The number of carbonyl (C=O) groups excluding carboxylic acids is 1. The van der Waals surface area contributed by atoms with E-state index in [1.165, 1.54) is 18.3 Å². The maximum Gasteiger partial charge on any atom is 0.223 e. The van der Waals surface area contributed by atoms with E-state index in [-0.39, 0.29) is 12.5 Å². The first-order chi connectivity index (χ1) is 7.74. The number of halogens is 1. The van der Waals surface area contributed by atoms with Gasteiger partial charge in [0.05, 0.1) is 19.2 Å². The van der Waals surface area contributed by atoms with Gasteiger partial charge in [0, 0.05) is 6.04 Å². The van der Waals surface area contributed by atoms with E-state index in [9.17, 15) is 9.18 Å². The molecule has 0 saturated heterocycles. The van der Waals surface area contributed by atoms with Crippen LogP contribution in [0.25, 0.3) is 0 Å². The second-order valence-electron chi connectivity index (χ2n) is 3.76. The van der Waals surface area contributed by atoms with E-state index in [0.29, 0.717) is 18.2 Å². The molecule has 1 heterocycles. The van der Waals surface area contributed by atoms with Gasteiger partial charge in [-0.1, -0.05) is 0 Å². The van der Waals surface area contributed by atoms with Gasteiger partial charge in [-0.3, -0.25) is 4.79 Å². The number of ether oxygens (including phenoxy) is 1. The zero-order valence-corrected chi connectivity index (χ0v) is 8.78. The fourth-order valence-corrected chi connectivity index (χ4v) is 1.24. The topological polar surface area (TPSA) is 51.2 Å². The lowest BCUT2D eigenvalue weighted by Crippen LogP contribution is -2.26. The van der Waals surface area contributed by atoms with Gasteiger partial charge in [0.1, 0.15) is 5.75 Å². The first-order valence-electron chi connectivity index (χ1n) is 5.28. The minimum Gasteiger partial charge on any atom is -0.491 e. The van der Waals surface area contributed by atoms with Gasteiger partial charge in [-0.15, -0.1) is 0 Å². The molecular formula is C11H13FN2O2. The van der Waals surface area contributed by atoms with Crippen molar-refractivity contribution in [1.29, 1.82) is 0 Å². The Kier molecular flexibility index (Phi) is 3.34. The van der Waals surface area contributed by atoms with Crippen molar-refractivity contribution in [1.82, 2.24) is 10.3 Å². The Morgan fingerprint density at radius 2 is 2.38 bits per heavy atom. The summed E-state index contributed by atoms with van der Waals surface area (Å²) in [6, 6.07) is 3.08. The average Bonchev–Trinajstić information content (AvgIpc) is 3.05. The van der Waals surface area contributed by atoms with Gasteiger partial charge >= 0.3 is 0 Å². The zero-order chi connectivity index (χ0) is 11.4. The molecule has 5 heteroatoms. The number of pyridine rings is 1. The van der Waals surface area contributed by atoms with Crippen molar-refractivity contribution in [3.8, 4) is 5.75 Å². The maximum atomic E-state index is 12.5. The summed E-state index contributed by atoms with van der Waals surface area (Å²) in [5.74, 6) is -0.0722. The Bertz CT molecular complexity index is 363. The highest BCUT2D eigenvalue weighted by Crippen LogP contribution is 2.18. The predicted molar refractivity (Wildman–Crippen MR) is 55.5 cm³/mol. The maximum absolute atomic E-state index is 12.5. The smallest absolute Gasteiger partial charge is 0.223 e. The number of hydrogen-bond donors (Lipinski definition) is 1. The van der Waals surface area contributed by atoms with Gasteiger partial charge in [-0.25, -0.2) is 4.98 Å². The molecule has 1 fully saturated rings. The first kappa shape index (κ1) is 10.9. The van der Waals surface area contributed by atoms with E-state index >= 15 is 0 Å². The van der Waals surface area contributed by atoms with E-state index in [4.69, 9.17) is 4.74 Å². The van der Waals surface area contributed by atoms with Crippen molar-refractivity contribution in [2.45, 2.75) is 25.3 Å². The highest BCUT2D eigenvalue weighted by molar-refractivity contribution is 5.76. The van der Waals surface area contributed by atoms with Crippen molar-refractivity contribution in [2.75, 3.05) is 6.61 Å². The van der Waals surface area contributed by atoms with E-state index in [0.717, 1.165) is 12.8 Å². The van der Waals surface area contributed by atoms with Crippen molar-refractivity contribution >= 4 is 5.91 Å². The lowest BCUT2D eigenvalue weighted by molar-refractivity contribution is -0.121. The lowest BCUT2D eigenvalue weighted by atomic mass is 10.4. The van der Waals surface area contributed by atoms with Gasteiger partial charge in [-0.05, 0) is 25.0 Å². The van der Waals surface area contributed by atoms with Crippen molar-refractivity contribution in [2.24, 2.45) is 0 Å². The summed E-state index contributed by atoms with van der Waals surface area (Å²) in [5.41, 5.74) is 0. The summed E-state index contributed by atoms with van der Waals surface area (Å²) in [6.45, 7) is 0.284. The lowest BCUT2D eigenvalue weighted by Gasteiger charge is -2.05. The monoisotopic (exact) mass is 224 g/mol. The molecule has 86 valence electrons. The third-order valence-corrected chi connectivity index (χ3v) is 2.24. The van der Waals surface area contributed by atoms with E-state index < -0.39 is 5.95 Å². The molecule has 0 aromatic carbocycles. The van der Waals surface area contributed by atoms with Crippen LogP contribution in [-0.4, -0.2) is 23.5 Å². The largest absolute Gasteiger partial charge is 0.491 e. The van der Waals surface area contributed by atoms with Crippen molar-refractivity contribution < 1.29 is 13.9 Å². The molecule has 0 bridgehead atoms. The Morgan fingerprint density at radius 1 is 1.56 bits per heavy atom. The van der Waals surface area contributed by atoms with Gasteiger partial charge in [0.15, 0.2) is 0 Å². The van der Waals surface area contributed by atoms with Gasteiger partial charge < -0.3 is 10.1 Å². The zero-order valence-electron chi connectivity index (χ0n) is 8.78. The molecule has 16 heavy (non-hydrogen) atoms. The Labute approximate surface area is 92.8 Å². The van der Waals surface area contributed by atoms with Crippen LogP contribution in [0.5, 0.6) is 5.75 Å². The van der Waals surface area contributed by atoms with Crippen LogP contribution in [0.3, 0.4) is 0 Å². The van der Waals surface area contributed by atoms with Crippen LogP contribution in [0.2, 0.25) is 0 Å². The first-order valence-corrected chi connectivity index (χ1v) is 5.28. The van der Waals surface area contributed by atoms with Crippen molar-refractivity contribution in [3.63, 3.8) is 0 Å². The fourth-order valence-electron chi connectivity index (χ4n) is 1.24. The molecule has 1 aliphatic rings. The molecule has 1 aromatic heterocycles. The second-order valence-corrected chi connectivity index (χ2v) is 3.76. The Balaban J connectivity index is 1.66. The number of hydrogen-bond acceptors (Lipinski definition) is 3. The summed E-state index contributed by atoms with van der Waals surface area (Å²) in [6.07, 6.45) is 3.77. The van der Waals surface area contributed by atoms with Crippen LogP contribution in [0.4, 0.5) is 4.39 Å². The summed E-state index contributed by atoms with van der Waals surface area (Å²) < 4.78 is 17.7. The molecule has 2 rings (SSSR count). The highest BCUT2D eigenvalue weighted by Gasteiger charge is 2.22. The van der Waals surface area contributed by atoms with Crippen molar-refractivity contribution in [3.05, 3.63) is 24.3 Å². The molecule has 0 unspecified atom stereocenters. The number of aromatic nitrogens is 1. The summed E-state index contributed by atoms with van der Waals surface area (Å²) in [7, 11) is 0. The Hall–Kier alpha value is -1.65. The third-order valence-electron chi connectivity index (χ3n) is 2.24. The molecule has 1 N–H and O–H groups in total. The minimum atomic E-state index is -0.543. The molecule has 0 atom stereocenters. The van der Waals surface area contributed by atoms with E-state index in [1.807, 2.05) is 0 Å². The standard InChI is InChI=1S/C11H13FN2O2/c12-10-4-3-9(7-13-10)16-6-5-11(15)14-8-1-2-8/h3-4,7-8H,1-2,5-6H2,(H,14,15). The normalized spacial score (nSPS) is 14.6. The molecule has 0 spiro atoms. The average molecular weight is 224 g/mol. The SMILES string of the molecule is O=C(CCOc1ccc(F)nc1)NC1CC1. The van der Waals surface area contributed by atoms with Gasteiger partial charge in [0.2, 0.25) is 11.9 Å². The van der Waals surface area contributed by atoms with Crippen LogP contribution in [-0.2, 0) is 4.79 Å². The number of amides is 1. The summed E-state index contributed by atoms with van der Waals surface area (Å²) >= 11 is 0. The molecule has 1 aromatic rings. The van der Waals surface area contributed by atoms with E-state index in [1.54, 1.807) is 0 Å². The number of nitrogens with zero attached hydrogens (tertiary/aromatic N) is 1. The molecule has 1 aliphatic carbocycles. The van der Waals surface area contributed by atoms with Crippen LogP contribution in [0.15, 0.2) is 18.3 Å². The predicted octanol–water partition coefficient (Wildman–Crippen LogP) is 1.27. The fraction of sp³-hybridized carbons (Fsp3) is 0.455. The molecular weight excluding hydrogens is 211 g/mol. The van der Waals surface area contributed by atoms with Gasteiger partial charge in [-0.2, -0.15) is 4.39 Å². The molecule has 0 radical (unpaired) electrons. The quantitative estimate of drug-likeness (QED) is 0.766. The minimum absolute atomic E-state index is 0.00225. The number of nitrogens with one attached hydrogen (secondary N) is 1. The van der Waals surface area contributed by atoms with Crippen LogP contribution in [0.1, 0.15) is 19.3 Å². The highest BCUT2D eigenvalue weighted by atomic mass is 19.1. The summed E-state index contributed by atoms with van der Waals surface area (Å²) in [4.78, 5) is 14.7. The Morgan fingerprint density at radius 3 is 3.00 bits per heavy atom. The number of rotatable bonds is 5. The number of carbonyl (C=O) groups is 1. The molecule has 1 saturated carbocycles. The van der Waals surface area contributed by atoms with Gasteiger partial charge in [0.25, 0.3) is 0 Å². The molecule has 0 aliphatic heterocycles. The van der Waals surface area contributed by atoms with Crippen LogP contribution in [0, 0.1) is 5.95 Å².